The van der Waals surface area contributed by atoms with E-state index >= 15 is 0 Å². The summed E-state index contributed by atoms with van der Waals surface area (Å²) in [6, 6.07) is 59.0. The first-order valence-corrected chi connectivity index (χ1v) is 17.7. The lowest BCUT2D eigenvalue weighted by molar-refractivity contribution is 1.37. The summed E-state index contributed by atoms with van der Waals surface area (Å²) in [5.74, 6) is 0. The zero-order chi connectivity index (χ0) is 34.2. The van der Waals surface area contributed by atoms with Crippen LogP contribution in [0.15, 0.2) is 176 Å². The van der Waals surface area contributed by atoms with E-state index < -0.39 is 0 Å². The Morgan fingerprint density at radius 3 is 1.65 bits per heavy atom. The van der Waals surface area contributed by atoms with Crippen LogP contribution >= 0.6 is 0 Å². The van der Waals surface area contributed by atoms with Crippen LogP contribution in [-0.4, -0.2) is 15.0 Å². The fraction of sp³-hybridized carbons (Fsp3) is 0. The van der Waals surface area contributed by atoms with E-state index in [-0.39, 0.29) is 0 Å². The van der Waals surface area contributed by atoms with Crippen LogP contribution in [0, 0.1) is 0 Å². The minimum absolute atomic E-state index is 0.933. The van der Waals surface area contributed by atoms with Crippen molar-refractivity contribution in [2.45, 2.75) is 0 Å². The second kappa shape index (κ2) is 11.3. The Kier molecular flexibility index (Phi) is 6.25. The highest BCUT2D eigenvalue weighted by Gasteiger charge is 2.17. The van der Waals surface area contributed by atoms with Gasteiger partial charge in [-0.25, -0.2) is 4.98 Å². The molecule has 0 N–H and O–H groups in total. The molecule has 0 radical (unpaired) electrons. The monoisotopic (exact) mass is 659 g/mol. The van der Waals surface area contributed by atoms with E-state index in [1.807, 2.05) is 24.5 Å². The van der Waals surface area contributed by atoms with Gasteiger partial charge in [-0.05, 0) is 91.0 Å². The molecule has 3 heterocycles. The SMILES string of the molecule is c1cnc2c(c1)cc(-c1ccc3cc(-c4ccc(-c5nc6ccccc6c6c7ccccc7c7ccccc7c56)cc4)ccc3c1)c1cccnc12. The topological polar surface area (TPSA) is 38.7 Å². The maximum atomic E-state index is 5.34. The van der Waals surface area contributed by atoms with Crippen LogP contribution in [0.3, 0.4) is 0 Å². The molecule has 0 fully saturated rings. The molecule has 0 aliphatic carbocycles. The second-order valence-electron chi connectivity index (χ2n) is 13.6. The van der Waals surface area contributed by atoms with Crippen molar-refractivity contribution in [2.24, 2.45) is 0 Å². The van der Waals surface area contributed by atoms with Crippen LogP contribution < -0.4 is 0 Å². The number of aromatic nitrogens is 3. The number of nitrogens with zero attached hydrogens (tertiary/aromatic N) is 3. The second-order valence-corrected chi connectivity index (χ2v) is 13.6. The summed E-state index contributed by atoms with van der Waals surface area (Å²) in [6.45, 7) is 0. The molecule has 3 heteroatoms. The van der Waals surface area contributed by atoms with Gasteiger partial charge < -0.3 is 0 Å². The van der Waals surface area contributed by atoms with Gasteiger partial charge in [0.25, 0.3) is 0 Å². The average Bonchev–Trinajstić information content (AvgIpc) is 3.22. The molecular formula is C49H29N3. The van der Waals surface area contributed by atoms with Crippen molar-refractivity contribution in [3.8, 4) is 33.5 Å². The number of fused-ring (bicyclic) bond motifs is 12. The van der Waals surface area contributed by atoms with Crippen LogP contribution in [0.25, 0.3) is 109 Å². The number of pyridine rings is 3. The van der Waals surface area contributed by atoms with Crippen molar-refractivity contribution in [2.75, 3.05) is 0 Å². The van der Waals surface area contributed by atoms with Crippen molar-refractivity contribution in [1.82, 2.24) is 15.0 Å². The Morgan fingerprint density at radius 2 is 0.885 bits per heavy atom. The molecule has 0 aliphatic heterocycles. The normalized spacial score (nSPS) is 11.8. The summed E-state index contributed by atoms with van der Waals surface area (Å²) in [5.41, 5.74) is 9.70. The molecule has 0 bridgehead atoms. The fourth-order valence-electron chi connectivity index (χ4n) is 8.26. The molecule has 240 valence electrons. The standard InChI is InChI=1S/C49H29N3/c1-3-12-39-37(10-1)38-11-2-4-13-40(38)46-45(39)42-14-5-6-16-44(42)52-47(46)31-19-17-30(18-20-31)32-21-22-34-28-35(24-23-33(34)27-32)43-29-36-9-7-25-50-48(36)49-41(43)15-8-26-51-49/h1-29H. The van der Waals surface area contributed by atoms with Gasteiger partial charge in [-0.2, -0.15) is 0 Å². The molecule has 0 atom stereocenters. The number of para-hydroxylation sites is 1. The summed E-state index contributed by atoms with van der Waals surface area (Å²) in [6.07, 6.45) is 3.68. The number of hydrogen-bond acceptors (Lipinski definition) is 3. The van der Waals surface area contributed by atoms with Crippen molar-refractivity contribution in [3.63, 3.8) is 0 Å². The summed E-state index contributed by atoms with van der Waals surface area (Å²) in [5, 5.41) is 13.3. The highest BCUT2D eigenvalue weighted by atomic mass is 14.7. The molecule has 52 heavy (non-hydrogen) atoms. The van der Waals surface area contributed by atoms with Crippen LogP contribution in [0.2, 0.25) is 0 Å². The van der Waals surface area contributed by atoms with E-state index in [4.69, 9.17) is 9.97 Å². The first-order chi connectivity index (χ1) is 25.8. The lowest BCUT2D eigenvalue weighted by atomic mass is 9.89. The molecule has 11 rings (SSSR count). The zero-order valence-corrected chi connectivity index (χ0v) is 28.1. The predicted octanol–water partition coefficient (Wildman–Crippen LogP) is 12.9. The molecule has 11 aromatic rings. The summed E-state index contributed by atoms with van der Waals surface area (Å²) in [4.78, 5) is 14.7. The third-order valence-electron chi connectivity index (χ3n) is 10.7. The average molecular weight is 660 g/mol. The van der Waals surface area contributed by atoms with Crippen LogP contribution in [0.1, 0.15) is 0 Å². The Balaban J connectivity index is 1.02. The van der Waals surface area contributed by atoms with Gasteiger partial charge in [0.15, 0.2) is 0 Å². The Bertz CT molecular complexity index is 3240. The van der Waals surface area contributed by atoms with Crippen molar-refractivity contribution < 1.29 is 0 Å². The van der Waals surface area contributed by atoms with Gasteiger partial charge in [0.2, 0.25) is 0 Å². The minimum Gasteiger partial charge on any atom is -0.254 e. The Labute approximate surface area is 299 Å². The van der Waals surface area contributed by atoms with E-state index in [0.29, 0.717) is 0 Å². The number of hydrogen-bond donors (Lipinski definition) is 0. The fourth-order valence-corrected chi connectivity index (χ4v) is 8.26. The molecule has 0 amide bonds. The van der Waals surface area contributed by atoms with Crippen LogP contribution in [0.4, 0.5) is 0 Å². The third-order valence-corrected chi connectivity index (χ3v) is 10.7. The smallest absolute Gasteiger partial charge is 0.0970 e. The number of rotatable bonds is 3. The number of benzene rings is 8. The van der Waals surface area contributed by atoms with Gasteiger partial charge in [-0.15, -0.1) is 0 Å². The van der Waals surface area contributed by atoms with Crippen molar-refractivity contribution in [3.05, 3.63) is 176 Å². The highest BCUT2D eigenvalue weighted by molar-refractivity contribution is 6.33. The van der Waals surface area contributed by atoms with Crippen LogP contribution in [0.5, 0.6) is 0 Å². The molecule has 0 saturated carbocycles. The molecule has 0 unspecified atom stereocenters. The Hall–Kier alpha value is -6.97. The van der Waals surface area contributed by atoms with Gasteiger partial charge in [0.1, 0.15) is 0 Å². The zero-order valence-electron chi connectivity index (χ0n) is 28.1. The molecule has 3 aromatic heterocycles. The van der Waals surface area contributed by atoms with Gasteiger partial charge in [-0.3, -0.25) is 9.97 Å². The van der Waals surface area contributed by atoms with E-state index in [1.54, 1.807) is 0 Å². The molecule has 8 aromatic carbocycles. The van der Waals surface area contributed by atoms with E-state index in [2.05, 4.69) is 157 Å². The van der Waals surface area contributed by atoms with Gasteiger partial charge in [-0.1, -0.05) is 127 Å². The molecule has 0 aliphatic rings. The van der Waals surface area contributed by atoms with E-state index in [9.17, 15) is 0 Å². The lowest BCUT2D eigenvalue weighted by Gasteiger charge is -2.16. The van der Waals surface area contributed by atoms with E-state index in [1.165, 1.54) is 70.7 Å². The van der Waals surface area contributed by atoms with Gasteiger partial charge in [0.05, 0.1) is 22.2 Å². The summed E-state index contributed by atoms with van der Waals surface area (Å²) >= 11 is 0. The van der Waals surface area contributed by atoms with Gasteiger partial charge >= 0.3 is 0 Å². The maximum absolute atomic E-state index is 5.34. The van der Waals surface area contributed by atoms with Crippen molar-refractivity contribution >= 4 is 75.8 Å². The van der Waals surface area contributed by atoms with Crippen molar-refractivity contribution in [1.29, 1.82) is 0 Å². The highest BCUT2D eigenvalue weighted by Crippen LogP contribution is 2.43. The Morgan fingerprint density at radius 1 is 0.327 bits per heavy atom. The van der Waals surface area contributed by atoms with Gasteiger partial charge in [0, 0.05) is 44.9 Å². The van der Waals surface area contributed by atoms with E-state index in [0.717, 1.165) is 38.6 Å². The first-order valence-electron chi connectivity index (χ1n) is 17.7. The molecule has 3 nitrogen and oxygen atoms in total. The first kappa shape index (κ1) is 28.8. The third kappa shape index (κ3) is 4.36. The van der Waals surface area contributed by atoms with Crippen LogP contribution in [-0.2, 0) is 0 Å². The lowest BCUT2D eigenvalue weighted by Crippen LogP contribution is -1.93. The molecular weight excluding hydrogens is 631 g/mol. The molecule has 0 spiro atoms. The maximum Gasteiger partial charge on any atom is 0.0970 e. The summed E-state index contributed by atoms with van der Waals surface area (Å²) < 4.78 is 0. The minimum atomic E-state index is 0.933. The molecule has 0 saturated heterocycles. The largest absolute Gasteiger partial charge is 0.254 e. The quantitative estimate of drug-likeness (QED) is 0.177. The summed E-state index contributed by atoms with van der Waals surface area (Å²) in [7, 11) is 0. The predicted molar refractivity (Wildman–Crippen MR) is 219 cm³/mol.